The molecule has 0 atom stereocenters. The fourth-order valence-electron chi connectivity index (χ4n) is 1.89. The first-order valence-electron chi connectivity index (χ1n) is 6.36. The molecule has 0 saturated carbocycles. The summed E-state index contributed by atoms with van der Waals surface area (Å²) < 4.78 is 10.6. The van der Waals surface area contributed by atoms with Crippen LogP contribution in [-0.2, 0) is 5.75 Å². The molecule has 0 amide bonds. The lowest BCUT2D eigenvalue weighted by Crippen LogP contribution is -1.89. The molecule has 0 heterocycles. The Kier molecular flexibility index (Phi) is 5.13. The summed E-state index contributed by atoms with van der Waals surface area (Å²) >= 11 is 4.25. The maximum absolute atomic E-state index is 5.35. The molecule has 0 saturated heterocycles. The quantitative estimate of drug-likeness (QED) is 0.652. The lowest BCUT2D eigenvalue weighted by molar-refractivity contribution is 0.402. The van der Waals surface area contributed by atoms with Gasteiger partial charge in [0.1, 0.15) is 11.5 Å². The molecule has 0 fully saturated rings. The van der Waals surface area contributed by atoms with Crippen LogP contribution < -0.4 is 9.47 Å². The second-order valence-electron chi connectivity index (χ2n) is 4.34. The molecule has 0 spiro atoms. The molecule has 0 N–H and O–H groups in total. The van der Waals surface area contributed by atoms with Crippen molar-refractivity contribution in [3.8, 4) is 11.5 Å². The van der Waals surface area contributed by atoms with Gasteiger partial charge in [0.2, 0.25) is 0 Å². The van der Waals surface area contributed by atoms with E-state index in [4.69, 9.17) is 9.47 Å². The highest BCUT2D eigenvalue weighted by atomic mass is 32.1. The van der Waals surface area contributed by atoms with Gasteiger partial charge in [0.25, 0.3) is 0 Å². The van der Waals surface area contributed by atoms with Crippen molar-refractivity contribution in [2.24, 2.45) is 0 Å². The minimum Gasteiger partial charge on any atom is -0.497 e. The molecule has 0 aromatic heterocycles. The van der Waals surface area contributed by atoms with E-state index in [-0.39, 0.29) is 0 Å². The first kappa shape index (κ1) is 14.5. The predicted octanol–water partition coefficient (Wildman–Crippen LogP) is 4.30. The summed E-state index contributed by atoms with van der Waals surface area (Å²) in [7, 11) is 3.33. The molecule has 104 valence electrons. The maximum atomic E-state index is 5.35. The van der Waals surface area contributed by atoms with Gasteiger partial charge in [-0.1, -0.05) is 36.4 Å². The molecule has 2 nitrogen and oxygen atoms in total. The molecule has 2 aromatic carbocycles. The molecule has 0 aliphatic rings. The summed E-state index contributed by atoms with van der Waals surface area (Å²) in [5, 5.41) is 0. The van der Waals surface area contributed by atoms with E-state index in [1.54, 1.807) is 14.2 Å². The minimum absolute atomic E-state index is 0.758. The van der Waals surface area contributed by atoms with E-state index in [1.807, 2.05) is 24.3 Å². The van der Waals surface area contributed by atoms with Gasteiger partial charge in [-0.2, -0.15) is 12.6 Å². The molecule has 0 bridgehead atoms. The average molecular weight is 286 g/mol. The molecule has 0 radical (unpaired) electrons. The summed E-state index contributed by atoms with van der Waals surface area (Å²) in [5.74, 6) is 2.40. The summed E-state index contributed by atoms with van der Waals surface area (Å²) in [6, 6.07) is 14.1. The smallest absolute Gasteiger partial charge is 0.126 e. The van der Waals surface area contributed by atoms with Gasteiger partial charge < -0.3 is 9.47 Å². The van der Waals surface area contributed by atoms with E-state index in [0.717, 1.165) is 28.4 Å². The van der Waals surface area contributed by atoms with Gasteiger partial charge in [-0.15, -0.1) is 0 Å². The summed E-state index contributed by atoms with van der Waals surface area (Å²) in [6.45, 7) is 0. The third-order valence-electron chi connectivity index (χ3n) is 3.05. The fourth-order valence-corrected chi connectivity index (χ4v) is 2.10. The maximum Gasteiger partial charge on any atom is 0.126 e. The van der Waals surface area contributed by atoms with Crippen LogP contribution in [0.15, 0.2) is 42.5 Å². The van der Waals surface area contributed by atoms with Gasteiger partial charge in [0, 0.05) is 11.3 Å². The normalized spacial score (nSPS) is 10.8. The zero-order valence-corrected chi connectivity index (χ0v) is 12.6. The Hall–Kier alpha value is -1.87. The molecular weight excluding hydrogens is 268 g/mol. The number of rotatable bonds is 5. The first-order valence-corrected chi connectivity index (χ1v) is 7.00. The van der Waals surface area contributed by atoms with Crippen LogP contribution in [0.1, 0.15) is 16.7 Å². The molecular formula is C17H18O2S. The molecule has 0 aliphatic heterocycles. The lowest BCUT2D eigenvalue weighted by atomic mass is 10.1. The third kappa shape index (κ3) is 3.58. The standard InChI is InChI=1S/C17H18O2S/c1-18-16-9-10-17(19-2)15(11-16)8-7-13-3-5-14(12-20)6-4-13/h3-11,20H,12H2,1-2H3/b8-7+. The highest BCUT2D eigenvalue weighted by Crippen LogP contribution is 2.25. The van der Waals surface area contributed by atoms with Gasteiger partial charge in [-0.25, -0.2) is 0 Å². The zero-order chi connectivity index (χ0) is 14.4. The summed E-state index contributed by atoms with van der Waals surface area (Å²) in [6.07, 6.45) is 4.08. The Bertz CT molecular complexity index is 588. The first-order chi connectivity index (χ1) is 9.76. The van der Waals surface area contributed by atoms with E-state index < -0.39 is 0 Å². The number of ether oxygens (including phenoxy) is 2. The summed E-state index contributed by atoms with van der Waals surface area (Å²) in [4.78, 5) is 0. The summed E-state index contributed by atoms with van der Waals surface area (Å²) in [5.41, 5.74) is 3.34. The number of benzene rings is 2. The van der Waals surface area contributed by atoms with Crippen molar-refractivity contribution in [1.29, 1.82) is 0 Å². The van der Waals surface area contributed by atoms with Crippen molar-refractivity contribution < 1.29 is 9.47 Å². The second-order valence-corrected chi connectivity index (χ2v) is 4.66. The van der Waals surface area contributed by atoms with Crippen LogP contribution >= 0.6 is 12.6 Å². The number of thiol groups is 1. The van der Waals surface area contributed by atoms with Crippen LogP contribution in [0.5, 0.6) is 11.5 Å². The molecule has 0 unspecified atom stereocenters. The van der Waals surface area contributed by atoms with Crippen LogP contribution in [0, 0.1) is 0 Å². The Morgan fingerprint density at radius 2 is 1.70 bits per heavy atom. The second kappa shape index (κ2) is 7.06. The van der Waals surface area contributed by atoms with Crippen LogP contribution in [-0.4, -0.2) is 14.2 Å². The van der Waals surface area contributed by atoms with Crippen LogP contribution in [0.4, 0.5) is 0 Å². The Morgan fingerprint density at radius 1 is 0.950 bits per heavy atom. The Morgan fingerprint density at radius 3 is 2.30 bits per heavy atom. The van der Waals surface area contributed by atoms with Crippen molar-refractivity contribution in [2.45, 2.75) is 5.75 Å². The number of hydrogen-bond donors (Lipinski definition) is 1. The van der Waals surface area contributed by atoms with E-state index in [0.29, 0.717) is 0 Å². The average Bonchev–Trinajstić information content (AvgIpc) is 2.53. The Balaban J connectivity index is 2.24. The van der Waals surface area contributed by atoms with E-state index in [9.17, 15) is 0 Å². The molecule has 20 heavy (non-hydrogen) atoms. The highest BCUT2D eigenvalue weighted by Gasteiger charge is 2.01. The topological polar surface area (TPSA) is 18.5 Å². The van der Waals surface area contributed by atoms with Gasteiger partial charge >= 0.3 is 0 Å². The van der Waals surface area contributed by atoms with Gasteiger partial charge in [0.15, 0.2) is 0 Å². The molecule has 3 heteroatoms. The van der Waals surface area contributed by atoms with Gasteiger partial charge in [-0.05, 0) is 29.3 Å². The van der Waals surface area contributed by atoms with Crippen LogP contribution in [0.3, 0.4) is 0 Å². The molecule has 2 aromatic rings. The highest BCUT2D eigenvalue weighted by molar-refractivity contribution is 7.79. The van der Waals surface area contributed by atoms with E-state index in [2.05, 4.69) is 43.0 Å². The third-order valence-corrected chi connectivity index (χ3v) is 3.42. The van der Waals surface area contributed by atoms with E-state index in [1.165, 1.54) is 5.56 Å². The number of hydrogen-bond acceptors (Lipinski definition) is 3. The van der Waals surface area contributed by atoms with E-state index >= 15 is 0 Å². The zero-order valence-electron chi connectivity index (χ0n) is 11.7. The van der Waals surface area contributed by atoms with Gasteiger partial charge in [-0.3, -0.25) is 0 Å². The van der Waals surface area contributed by atoms with Crippen molar-refractivity contribution in [3.05, 3.63) is 59.2 Å². The Labute approximate surface area is 125 Å². The molecule has 0 aliphatic carbocycles. The van der Waals surface area contributed by atoms with Crippen molar-refractivity contribution in [2.75, 3.05) is 14.2 Å². The number of methoxy groups -OCH3 is 2. The van der Waals surface area contributed by atoms with Crippen LogP contribution in [0.2, 0.25) is 0 Å². The van der Waals surface area contributed by atoms with Crippen molar-refractivity contribution in [3.63, 3.8) is 0 Å². The van der Waals surface area contributed by atoms with Crippen molar-refractivity contribution in [1.82, 2.24) is 0 Å². The molecule has 2 rings (SSSR count). The van der Waals surface area contributed by atoms with Gasteiger partial charge in [0.05, 0.1) is 14.2 Å². The fraction of sp³-hybridized carbons (Fsp3) is 0.176. The SMILES string of the molecule is COc1ccc(OC)c(/C=C/c2ccc(CS)cc2)c1. The van der Waals surface area contributed by atoms with Crippen molar-refractivity contribution >= 4 is 24.8 Å². The lowest BCUT2D eigenvalue weighted by Gasteiger charge is -2.07. The predicted molar refractivity (Wildman–Crippen MR) is 87.6 cm³/mol. The minimum atomic E-state index is 0.758. The van der Waals surface area contributed by atoms with Crippen LogP contribution in [0.25, 0.3) is 12.2 Å². The monoisotopic (exact) mass is 286 g/mol. The largest absolute Gasteiger partial charge is 0.497 e.